The summed E-state index contributed by atoms with van der Waals surface area (Å²) in [6.45, 7) is 1.50. The molecule has 4 nitrogen and oxygen atoms in total. The Morgan fingerprint density at radius 1 is 1.09 bits per heavy atom. The Morgan fingerprint density at radius 2 is 1.74 bits per heavy atom. The van der Waals surface area contributed by atoms with Gasteiger partial charge in [0.25, 0.3) is 0 Å². The molecule has 0 aromatic heterocycles. The largest absolute Gasteiger partial charge is 0.353 e. The van der Waals surface area contributed by atoms with Crippen LogP contribution in [0.15, 0.2) is 24.3 Å². The first kappa shape index (κ1) is 16.0. The second-order valence-electron chi connectivity index (χ2n) is 6.57. The maximum absolute atomic E-state index is 12.8. The number of benzene rings is 1. The van der Waals surface area contributed by atoms with E-state index in [2.05, 4.69) is 5.32 Å². The van der Waals surface area contributed by atoms with Crippen LogP contribution in [-0.4, -0.2) is 35.8 Å². The Balaban J connectivity index is 1.37. The molecule has 1 saturated heterocycles. The second-order valence-corrected chi connectivity index (χ2v) is 6.57. The molecule has 1 aromatic rings. The van der Waals surface area contributed by atoms with Crippen LogP contribution in [0.1, 0.15) is 37.7 Å². The maximum atomic E-state index is 12.8. The lowest BCUT2D eigenvalue weighted by Gasteiger charge is -2.32. The lowest BCUT2D eigenvalue weighted by atomic mass is 10.0. The van der Waals surface area contributed by atoms with Crippen LogP contribution in [0.25, 0.3) is 0 Å². The highest BCUT2D eigenvalue weighted by molar-refractivity contribution is 5.81. The number of carbonyl (C=O) groups is 2. The molecule has 0 bridgehead atoms. The lowest BCUT2D eigenvalue weighted by molar-refractivity contribution is -0.133. The number of halogens is 1. The number of nitrogens with one attached hydrogen (secondary N) is 1. The van der Waals surface area contributed by atoms with Gasteiger partial charge in [-0.05, 0) is 49.8 Å². The molecule has 2 amide bonds. The molecule has 0 unspecified atom stereocenters. The van der Waals surface area contributed by atoms with Gasteiger partial charge in [-0.1, -0.05) is 12.1 Å². The molecule has 0 atom stereocenters. The van der Waals surface area contributed by atoms with Crippen LogP contribution >= 0.6 is 0 Å². The summed E-state index contributed by atoms with van der Waals surface area (Å²) in [6, 6.07) is 6.42. The van der Waals surface area contributed by atoms with Crippen molar-refractivity contribution in [2.24, 2.45) is 5.92 Å². The molecular formula is C18H23FN2O2. The van der Waals surface area contributed by atoms with Crippen LogP contribution in [-0.2, 0) is 16.0 Å². The van der Waals surface area contributed by atoms with Crippen molar-refractivity contribution in [3.63, 3.8) is 0 Å². The topological polar surface area (TPSA) is 49.4 Å². The predicted molar refractivity (Wildman–Crippen MR) is 85.2 cm³/mol. The van der Waals surface area contributed by atoms with Crippen LogP contribution in [0, 0.1) is 11.7 Å². The summed E-state index contributed by atoms with van der Waals surface area (Å²) in [6.07, 6.45) is 4.78. The molecule has 0 radical (unpaired) electrons. The van der Waals surface area contributed by atoms with Crippen LogP contribution in [0.4, 0.5) is 4.39 Å². The molecular weight excluding hydrogens is 295 g/mol. The standard InChI is InChI=1S/C18H23FN2O2/c19-15-6-1-13(2-7-15)3-8-17(22)20-16-9-11-21(12-10-16)18(23)14-4-5-14/h1-2,6-7,14,16H,3-5,8-12H2,(H,20,22). The molecule has 1 aliphatic heterocycles. The van der Waals surface area contributed by atoms with Crippen molar-refractivity contribution in [1.82, 2.24) is 10.2 Å². The van der Waals surface area contributed by atoms with E-state index in [0.29, 0.717) is 18.7 Å². The number of hydrogen-bond acceptors (Lipinski definition) is 2. The van der Waals surface area contributed by atoms with Gasteiger partial charge in [0, 0.05) is 31.5 Å². The molecule has 5 heteroatoms. The zero-order valence-corrected chi connectivity index (χ0v) is 13.3. The zero-order valence-electron chi connectivity index (χ0n) is 13.3. The number of amides is 2. The summed E-state index contributed by atoms with van der Waals surface area (Å²) in [7, 11) is 0. The first-order chi connectivity index (χ1) is 11.1. The number of likely N-dealkylation sites (tertiary alicyclic amines) is 1. The van der Waals surface area contributed by atoms with Crippen molar-refractivity contribution < 1.29 is 14.0 Å². The van der Waals surface area contributed by atoms with Gasteiger partial charge >= 0.3 is 0 Å². The van der Waals surface area contributed by atoms with Crippen molar-refractivity contribution in [1.29, 1.82) is 0 Å². The number of nitrogens with zero attached hydrogens (tertiary/aromatic N) is 1. The summed E-state index contributed by atoms with van der Waals surface area (Å²) in [5.41, 5.74) is 0.964. The molecule has 0 spiro atoms. The minimum atomic E-state index is -0.259. The van der Waals surface area contributed by atoms with Crippen molar-refractivity contribution in [2.45, 2.75) is 44.6 Å². The molecule has 1 N–H and O–H groups in total. The Morgan fingerprint density at radius 3 is 2.35 bits per heavy atom. The van der Waals surface area contributed by atoms with Crippen LogP contribution in [0.3, 0.4) is 0 Å². The molecule has 2 fully saturated rings. The predicted octanol–water partition coefficient (Wildman–Crippen LogP) is 2.28. The minimum absolute atomic E-state index is 0.0290. The first-order valence-electron chi connectivity index (χ1n) is 8.44. The summed E-state index contributed by atoms with van der Waals surface area (Å²) in [5.74, 6) is 0.343. The average Bonchev–Trinajstić information content (AvgIpc) is 3.39. The van der Waals surface area contributed by atoms with Gasteiger partial charge in [0.2, 0.25) is 11.8 Å². The smallest absolute Gasteiger partial charge is 0.225 e. The highest BCUT2D eigenvalue weighted by Crippen LogP contribution is 2.31. The number of piperidine rings is 1. The summed E-state index contributed by atoms with van der Waals surface area (Å²) < 4.78 is 12.8. The van der Waals surface area contributed by atoms with Crippen LogP contribution < -0.4 is 5.32 Å². The third kappa shape index (κ3) is 4.53. The third-order valence-corrected chi connectivity index (χ3v) is 4.65. The monoisotopic (exact) mass is 318 g/mol. The van der Waals surface area contributed by atoms with Crippen molar-refractivity contribution in [3.8, 4) is 0 Å². The molecule has 1 heterocycles. The Bertz CT molecular complexity index is 561. The second kappa shape index (κ2) is 7.11. The Kier molecular flexibility index (Phi) is 4.94. The van der Waals surface area contributed by atoms with E-state index in [1.54, 1.807) is 12.1 Å². The highest BCUT2D eigenvalue weighted by Gasteiger charge is 2.34. The van der Waals surface area contributed by atoms with Gasteiger partial charge in [-0.2, -0.15) is 0 Å². The van der Waals surface area contributed by atoms with E-state index in [0.717, 1.165) is 44.3 Å². The van der Waals surface area contributed by atoms with Crippen molar-refractivity contribution in [3.05, 3.63) is 35.6 Å². The molecule has 2 aliphatic rings. The third-order valence-electron chi connectivity index (χ3n) is 4.65. The molecule has 1 aromatic carbocycles. The van der Waals surface area contributed by atoms with Gasteiger partial charge in [0.05, 0.1) is 0 Å². The molecule has 23 heavy (non-hydrogen) atoms. The summed E-state index contributed by atoms with van der Waals surface area (Å²) in [4.78, 5) is 25.9. The number of rotatable bonds is 5. The fraction of sp³-hybridized carbons (Fsp3) is 0.556. The fourth-order valence-electron chi connectivity index (χ4n) is 3.04. The van der Waals surface area contributed by atoms with E-state index in [4.69, 9.17) is 0 Å². The first-order valence-corrected chi connectivity index (χ1v) is 8.44. The molecule has 124 valence electrons. The molecule has 3 rings (SSSR count). The van der Waals surface area contributed by atoms with Gasteiger partial charge in [-0.15, -0.1) is 0 Å². The molecule has 1 saturated carbocycles. The Labute approximate surface area is 136 Å². The van der Waals surface area contributed by atoms with E-state index >= 15 is 0 Å². The maximum Gasteiger partial charge on any atom is 0.225 e. The van der Waals surface area contributed by atoms with E-state index in [1.807, 2.05) is 4.90 Å². The Hall–Kier alpha value is -1.91. The average molecular weight is 318 g/mol. The molecule has 1 aliphatic carbocycles. The fourth-order valence-corrected chi connectivity index (χ4v) is 3.04. The van der Waals surface area contributed by atoms with E-state index in [-0.39, 0.29) is 23.7 Å². The van der Waals surface area contributed by atoms with Crippen molar-refractivity contribution >= 4 is 11.8 Å². The van der Waals surface area contributed by atoms with E-state index < -0.39 is 0 Å². The number of hydrogen-bond donors (Lipinski definition) is 1. The van der Waals surface area contributed by atoms with Crippen LogP contribution in [0.2, 0.25) is 0 Å². The normalized spacial score (nSPS) is 18.7. The van der Waals surface area contributed by atoms with Crippen molar-refractivity contribution in [2.75, 3.05) is 13.1 Å². The summed E-state index contributed by atoms with van der Waals surface area (Å²) in [5, 5.41) is 3.05. The number of aryl methyl sites for hydroxylation is 1. The summed E-state index contributed by atoms with van der Waals surface area (Å²) >= 11 is 0. The number of carbonyl (C=O) groups excluding carboxylic acids is 2. The van der Waals surface area contributed by atoms with Crippen LogP contribution in [0.5, 0.6) is 0 Å². The van der Waals surface area contributed by atoms with Gasteiger partial charge in [0.1, 0.15) is 5.82 Å². The quantitative estimate of drug-likeness (QED) is 0.905. The van der Waals surface area contributed by atoms with Gasteiger partial charge < -0.3 is 10.2 Å². The SMILES string of the molecule is O=C(CCc1ccc(F)cc1)NC1CCN(C(=O)C2CC2)CC1. The lowest BCUT2D eigenvalue weighted by Crippen LogP contribution is -2.47. The van der Waals surface area contributed by atoms with Gasteiger partial charge in [0.15, 0.2) is 0 Å². The van der Waals surface area contributed by atoms with Gasteiger partial charge in [-0.25, -0.2) is 4.39 Å². The van der Waals surface area contributed by atoms with Gasteiger partial charge in [-0.3, -0.25) is 9.59 Å². The van der Waals surface area contributed by atoms with E-state index in [9.17, 15) is 14.0 Å². The highest BCUT2D eigenvalue weighted by atomic mass is 19.1. The zero-order chi connectivity index (χ0) is 16.2. The van der Waals surface area contributed by atoms with E-state index in [1.165, 1.54) is 12.1 Å². The minimum Gasteiger partial charge on any atom is -0.353 e.